The first-order valence-electron chi connectivity index (χ1n) is 10.8. The fourth-order valence-electron chi connectivity index (χ4n) is 2.49. The lowest BCUT2D eigenvalue weighted by atomic mass is 10.1. The molecule has 0 amide bonds. The first-order valence-corrected chi connectivity index (χ1v) is 13.7. The van der Waals surface area contributed by atoms with Crippen molar-refractivity contribution in [2.45, 2.75) is 97.3 Å². The minimum Gasteiger partial charge on any atom is -0.344 e. The molecule has 0 radical (unpaired) electrons. The monoisotopic (exact) mass is 475 g/mol. The minimum atomic E-state index is -4.23. The fourth-order valence-corrected chi connectivity index (χ4v) is 3.80. The first kappa shape index (κ1) is 34.1. The molecule has 4 N–H and O–H groups in total. The smallest absolute Gasteiger partial charge is 0.344 e. The third kappa shape index (κ3) is 32.2. The summed E-state index contributed by atoms with van der Waals surface area (Å²) in [5.74, 6) is 0.120. The molecule has 30 heavy (non-hydrogen) atoms. The highest BCUT2D eigenvalue weighted by Gasteiger charge is 2.08. The van der Waals surface area contributed by atoms with Crippen LogP contribution in [0.2, 0.25) is 0 Å². The first-order chi connectivity index (χ1) is 13.7. The van der Waals surface area contributed by atoms with Crippen molar-refractivity contribution in [2.24, 2.45) is 0 Å². The van der Waals surface area contributed by atoms with Gasteiger partial charge in [0.05, 0.1) is 19.0 Å². The van der Waals surface area contributed by atoms with Gasteiger partial charge in [0.25, 0.3) is 10.1 Å². The SMILES string of the molecule is C=CCOS(=O)(=O)CCCCC.CCCCCCCCCCCCOS(=O)(=O)O.N. The number of hydrogen-bond donors (Lipinski definition) is 2. The van der Waals surface area contributed by atoms with Gasteiger partial charge in [-0.15, -0.1) is 6.58 Å². The van der Waals surface area contributed by atoms with E-state index in [1.807, 2.05) is 6.92 Å². The standard InChI is InChI=1S/C12H26O4S.C8H16O3S.H3N/c1-2-3-4-5-6-7-8-9-10-11-12-16-17(13,14)15;1-3-5-6-8-12(9,10)11-7-4-2;/h2-12H2,1H3,(H,13,14,15);4H,2-3,5-8H2,1H3;1H3. The van der Waals surface area contributed by atoms with E-state index in [0.717, 1.165) is 25.7 Å². The summed E-state index contributed by atoms with van der Waals surface area (Å²) in [6, 6.07) is 0. The van der Waals surface area contributed by atoms with Crippen LogP contribution in [0, 0.1) is 0 Å². The third-order valence-electron chi connectivity index (χ3n) is 4.09. The maximum Gasteiger partial charge on any atom is 0.397 e. The second-order valence-electron chi connectivity index (χ2n) is 6.97. The Balaban J connectivity index is -0.000000497. The largest absolute Gasteiger partial charge is 0.397 e. The van der Waals surface area contributed by atoms with Crippen molar-refractivity contribution >= 4 is 20.5 Å². The van der Waals surface area contributed by atoms with Gasteiger partial charge in [-0.2, -0.15) is 16.8 Å². The van der Waals surface area contributed by atoms with Crippen LogP contribution in [-0.4, -0.2) is 40.4 Å². The lowest BCUT2D eigenvalue weighted by Gasteiger charge is -2.02. The van der Waals surface area contributed by atoms with Crippen LogP contribution in [0.25, 0.3) is 0 Å². The molecule has 0 spiro atoms. The number of hydrogen-bond acceptors (Lipinski definition) is 7. The summed E-state index contributed by atoms with van der Waals surface area (Å²) in [7, 11) is -7.52. The van der Waals surface area contributed by atoms with Crippen LogP contribution >= 0.6 is 0 Å². The van der Waals surface area contributed by atoms with E-state index >= 15 is 0 Å². The summed E-state index contributed by atoms with van der Waals surface area (Å²) in [6.45, 7) is 7.78. The molecule has 0 aliphatic rings. The van der Waals surface area contributed by atoms with E-state index in [2.05, 4.69) is 21.9 Å². The van der Waals surface area contributed by atoms with Crippen LogP contribution in [0.15, 0.2) is 12.7 Å². The lowest BCUT2D eigenvalue weighted by Crippen LogP contribution is -2.10. The molecule has 0 aromatic carbocycles. The molecule has 0 bridgehead atoms. The van der Waals surface area contributed by atoms with Gasteiger partial charge < -0.3 is 6.15 Å². The zero-order valence-electron chi connectivity index (χ0n) is 19.0. The van der Waals surface area contributed by atoms with Gasteiger partial charge in [-0.25, -0.2) is 4.18 Å². The van der Waals surface area contributed by atoms with Gasteiger partial charge in [0.1, 0.15) is 0 Å². The fraction of sp³-hybridized carbons (Fsp3) is 0.900. The van der Waals surface area contributed by atoms with Gasteiger partial charge in [0, 0.05) is 0 Å². The van der Waals surface area contributed by atoms with Crippen molar-refractivity contribution in [3.05, 3.63) is 12.7 Å². The van der Waals surface area contributed by atoms with Crippen LogP contribution in [0.3, 0.4) is 0 Å². The van der Waals surface area contributed by atoms with E-state index in [1.54, 1.807) is 0 Å². The highest BCUT2D eigenvalue weighted by molar-refractivity contribution is 7.86. The van der Waals surface area contributed by atoms with Crippen molar-refractivity contribution in [2.75, 3.05) is 19.0 Å². The normalized spacial score (nSPS) is 11.3. The quantitative estimate of drug-likeness (QED) is 0.106. The zero-order valence-corrected chi connectivity index (χ0v) is 20.7. The van der Waals surface area contributed by atoms with Crippen molar-refractivity contribution < 1.29 is 29.8 Å². The summed E-state index contributed by atoms with van der Waals surface area (Å²) in [4.78, 5) is 0. The van der Waals surface area contributed by atoms with Gasteiger partial charge in [-0.1, -0.05) is 90.6 Å². The average Bonchev–Trinajstić information content (AvgIpc) is 2.64. The Morgan fingerprint density at radius 1 is 0.733 bits per heavy atom. The van der Waals surface area contributed by atoms with Crippen LogP contribution in [-0.2, 0) is 28.9 Å². The second kappa shape index (κ2) is 23.1. The maximum absolute atomic E-state index is 11.0. The van der Waals surface area contributed by atoms with Crippen molar-refractivity contribution in [1.82, 2.24) is 6.15 Å². The van der Waals surface area contributed by atoms with Gasteiger partial charge in [0.2, 0.25) is 0 Å². The van der Waals surface area contributed by atoms with Crippen molar-refractivity contribution in [3.63, 3.8) is 0 Å². The molecule has 0 aliphatic carbocycles. The molecule has 10 heteroatoms. The average molecular weight is 476 g/mol. The zero-order chi connectivity index (χ0) is 22.4. The molecular formula is C20H45NO7S2. The summed E-state index contributed by atoms with van der Waals surface area (Å²) < 4.78 is 59.6. The van der Waals surface area contributed by atoms with E-state index in [9.17, 15) is 16.8 Å². The Kier molecular flexibility index (Phi) is 26.3. The van der Waals surface area contributed by atoms with Crippen LogP contribution < -0.4 is 6.15 Å². The summed E-state index contributed by atoms with van der Waals surface area (Å²) >= 11 is 0. The van der Waals surface area contributed by atoms with Gasteiger partial charge in [-0.3, -0.25) is 8.74 Å². The molecule has 0 heterocycles. The molecule has 0 atom stereocenters. The molecule has 0 fully saturated rings. The lowest BCUT2D eigenvalue weighted by molar-refractivity contribution is 0.261. The Labute approximate surface area is 185 Å². The summed E-state index contributed by atoms with van der Waals surface area (Å²) in [5.41, 5.74) is 0. The number of rotatable bonds is 19. The van der Waals surface area contributed by atoms with Crippen molar-refractivity contribution in [1.29, 1.82) is 0 Å². The topological polar surface area (TPSA) is 142 Å². The predicted octanol–water partition coefficient (Wildman–Crippen LogP) is 5.60. The van der Waals surface area contributed by atoms with Crippen LogP contribution in [0.1, 0.15) is 97.3 Å². The highest BCUT2D eigenvalue weighted by atomic mass is 32.3. The Hall–Kier alpha value is -0.520. The van der Waals surface area contributed by atoms with Crippen LogP contribution in [0.4, 0.5) is 0 Å². The molecule has 184 valence electrons. The van der Waals surface area contributed by atoms with Crippen molar-refractivity contribution in [3.8, 4) is 0 Å². The molecule has 8 nitrogen and oxygen atoms in total. The summed E-state index contributed by atoms with van der Waals surface area (Å²) in [6.07, 6.45) is 15.9. The van der Waals surface area contributed by atoms with E-state index in [4.69, 9.17) is 4.55 Å². The summed E-state index contributed by atoms with van der Waals surface area (Å²) in [5, 5.41) is 0. The molecule has 0 aromatic heterocycles. The molecule has 0 rings (SSSR count). The van der Waals surface area contributed by atoms with Gasteiger partial charge in [-0.05, 0) is 12.8 Å². The molecule has 0 saturated heterocycles. The second-order valence-corrected chi connectivity index (χ2v) is 9.82. The molecule has 0 unspecified atom stereocenters. The predicted molar refractivity (Wildman–Crippen MR) is 124 cm³/mol. The van der Waals surface area contributed by atoms with Gasteiger partial charge >= 0.3 is 10.4 Å². The maximum atomic E-state index is 11.0. The Morgan fingerprint density at radius 3 is 1.60 bits per heavy atom. The van der Waals surface area contributed by atoms with E-state index < -0.39 is 20.5 Å². The molecule has 0 saturated carbocycles. The minimum absolute atomic E-state index is 0. The van der Waals surface area contributed by atoms with Gasteiger partial charge in [0.15, 0.2) is 0 Å². The van der Waals surface area contributed by atoms with Crippen LogP contribution in [0.5, 0.6) is 0 Å². The van der Waals surface area contributed by atoms with E-state index in [0.29, 0.717) is 12.8 Å². The highest BCUT2D eigenvalue weighted by Crippen LogP contribution is 2.10. The molecule has 0 aromatic rings. The third-order valence-corrected chi connectivity index (χ3v) is 5.84. The Bertz CT molecular complexity index is 564. The van der Waals surface area contributed by atoms with E-state index in [1.165, 1.54) is 51.0 Å². The van der Waals surface area contributed by atoms with E-state index in [-0.39, 0.29) is 25.1 Å². The molecular weight excluding hydrogens is 430 g/mol. The number of unbranched alkanes of at least 4 members (excludes halogenated alkanes) is 11. The molecule has 0 aliphatic heterocycles. The Morgan fingerprint density at radius 2 is 1.17 bits per heavy atom.